The van der Waals surface area contributed by atoms with E-state index in [1.54, 1.807) is 36.4 Å². The van der Waals surface area contributed by atoms with Crippen LogP contribution in [0, 0.1) is 13.8 Å². The highest BCUT2D eigenvalue weighted by Crippen LogP contribution is 2.32. The minimum atomic E-state index is -1.16. The smallest absolute Gasteiger partial charge is 0.336 e. The summed E-state index contributed by atoms with van der Waals surface area (Å²) in [5.41, 5.74) is 3.60. The van der Waals surface area contributed by atoms with E-state index in [-0.39, 0.29) is 22.3 Å². The van der Waals surface area contributed by atoms with Crippen LogP contribution in [0.15, 0.2) is 77.7 Å². The van der Waals surface area contributed by atoms with E-state index in [2.05, 4.69) is 15.6 Å². The number of hydrogen-bond donors (Lipinski definition) is 3. The van der Waals surface area contributed by atoms with Crippen LogP contribution < -0.4 is 10.6 Å². The average molecular weight is 532 g/mol. The molecular formula is C28H25N3O4S2. The number of aromatic nitrogens is 1. The fourth-order valence-corrected chi connectivity index (χ4v) is 5.28. The molecule has 0 bridgehead atoms. The summed E-state index contributed by atoms with van der Waals surface area (Å²) in [5, 5.41) is 15.1. The molecule has 0 saturated carbocycles. The Hall–Kier alpha value is -3.95. The summed E-state index contributed by atoms with van der Waals surface area (Å²) in [6.07, 6.45) is 0. The molecule has 0 aliphatic rings. The highest BCUT2D eigenvalue weighted by atomic mass is 32.2. The molecule has 4 rings (SSSR count). The van der Waals surface area contributed by atoms with Gasteiger partial charge >= 0.3 is 5.97 Å². The van der Waals surface area contributed by atoms with Crippen molar-refractivity contribution in [2.24, 2.45) is 0 Å². The lowest BCUT2D eigenvalue weighted by Crippen LogP contribution is -2.22. The number of carbonyl (C=O) groups excluding carboxylic acids is 2. The van der Waals surface area contributed by atoms with E-state index in [1.807, 2.05) is 45.0 Å². The molecule has 1 aromatic heterocycles. The van der Waals surface area contributed by atoms with Crippen molar-refractivity contribution in [2.45, 2.75) is 30.9 Å². The minimum absolute atomic E-state index is 0.0616. The second-order valence-corrected chi connectivity index (χ2v) is 11.0. The first kappa shape index (κ1) is 26.1. The molecule has 0 spiro atoms. The lowest BCUT2D eigenvalue weighted by molar-refractivity contribution is -0.115. The van der Waals surface area contributed by atoms with Gasteiger partial charge < -0.3 is 15.7 Å². The maximum atomic E-state index is 12.8. The maximum absolute atomic E-state index is 12.8. The highest BCUT2D eigenvalue weighted by molar-refractivity contribution is 8.00. The lowest BCUT2D eigenvalue weighted by Gasteiger charge is -2.12. The van der Waals surface area contributed by atoms with Gasteiger partial charge in [0.05, 0.1) is 22.1 Å². The number of anilines is 2. The molecule has 0 radical (unpaired) electrons. The normalized spacial score (nSPS) is 11.5. The molecule has 1 heterocycles. The van der Waals surface area contributed by atoms with Gasteiger partial charge in [-0.05, 0) is 57.2 Å². The summed E-state index contributed by atoms with van der Waals surface area (Å²) in [6, 6.07) is 21.2. The summed E-state index contributed by atoms with van der Waals surface area (Å²) in [4.78, 5) is 43.2. The number of carboxylic acids is 1. The first-order chi connectivity index (χ1) is 17.7. The number of thioether (sulfide) groups is 1. The van der Waals surface area contributed by atoms with Gasteiger partial charge in [0, 0.05) is 21.0 Å². The molecule has 0 fully saturated rings. The molecule has 2 amide bonds. The third-order valence-electron chi connectivity index (χ3n) is 5.55. The van der Waals surface area contributed by atoms with Crippen molar-refractivity contribution >= 4 is 51.7 Å². The van der Waals surface area contributed by atoms with Crippen LogP contribution in [-0.4, -0.2) is 33.1 Å². The minimum Gasteiger partial charge on any atom is -0.478 e. The number of carboxylic acid groups (broad SMARTS) is 1. The number of aryl methyl sites for hydroxylation is 2. The van der Waals surface area contributed by atoms with Crippen LogP contribution in [0.2, 0.25) is 0 Å². The second-order valence-electron chi connectivity index (χ2n) is 8.37. The standard InChI is InChI=1S/C28H25N3O4S2/c1-16-8-10-19(11-9-16)24-17(2)37-28(30-24)31-25(32)18(3)36-21-14-12-20(13-15-21)29-26(33)22-6-4-5-7-23(22)27(34)35/h4-15,18H,1-3H3,(H,29,33)(H,34,35)(H,30,31,32). The molecule has 4 aromatic rings. The molecule has 7 nitrogen and oxygen atoms in total. The zero-order valence-corrected chi connectivity index (χ0v) is 22.1. The van der Waals surface area contributed by atoms with Gasteiger partial charge in [-0.15, -0.1) is 23.1 Å². The number of nitrogens with zero attached hydrogens (tertiary/aromatic N) is 1. The first-order valence-electron chi connectivity index (χ1n) is 11.5. The van der Waals surface area contributed by atoms with E-state index >= 15 is 0 Å². The van der Waals surface area contributed by atoms with Crippen molar-refractivity contribution < 1.29 is 19.5 Å². The zero-order valence-electron chi connectivity index (χ0n) is 20.4. The lowest BCUT2D eigenvalue weighted by atomic mass is 10.1. The molecule has 188 valence electrons. The number of aromatic carboxylic acids is 1. The Labute approximate surface area is 223 Å². The van der Waals surface area contributed by atoms with Crippen molar-refractivity contribution in [3.8, 4) is 11.3 Å². The maximum Gasteiger partial charge on any atom is 0.336 e. The third kappa shape index (κ3) is 6.44. The Morgan fingerprint density at radius 2 is 1.54 bits per heavy atom. The van der Waals surface area contributed by atoms with Gasteiger partial charge in [0.2, 0.25) is 5.91 Å². The van der Waals surface area contributed by atoms with Gasteiger partial charge in [-0.3, -0.25) is 9.59 Å². The molecular weight excluding hydrogens is 506 g/mol. The van der Waals surface area contributed by atoms with Crippen LogP contribution in [0.4, 0.5) is 10.8 Å². The Balaban J connectivity index is 1.36. The molecule has 0 aliphatic carbocycles. The summed E-state index contributed by atoms with van der Waals surface area (Å²) in [6.45, 7) is 5.84. The van der Waals surface area contributed by atoms with Crippen molar-refractivity contribution in [2.75, 3.05) is 10.6 Å². The number of benzene rings is 3. The summed E-state index contributed by atoms with van der Waals surface area (Å²) < 4.78 is 0. The van der Waals surface area contributed by atoms with Gasteiger partial charge in [0.15, 0.2) is 5.13 Å². The Morgan fingerprint density at radius 1 is 0.892 bits per heavy atom. The number of rotatable bonds is 8. The zero-order chi connectivity index (χ0) is 26.5. The van der Waals surface area contributed by atoms with Gasteiger partial charge in [0.1, 0.15) is 0 Å². The average Bonchev–Trinajstić information content (AvgIpc) is 3.25. The predicted molar refractivity (Wildman–Crippen MR) is 149 cm³/mol. The van der Waals surface area contributed by atoms with Crippen molar-refractivity contribution in [1.82, 2.24) is 4.98 Å². The van der Waals surface area contributed by atoms with Gasteiger partial charge in [-0.25, -0.2) is 9.78 Å². The van der Waals surface area contributed by atoms with E-state index in [1.165, 1.54) is 40.8 Å². The molecule has 1 unspecified atom stereocenters. The second kappa shape index (κ2) is 11.4. The summed E-state index contributed by atoms with van der Waals surface area (Å²) >= 11 is 2.83. The third-order valence-corrected chi connectivity index (χ3v) is 7.55. The SMILES string of the molecule is Cc1ccc(-c2nc(NC(=O)C(C)Sc3ccc(NC(=O)c4ccccc4C(=O)O)cc3)sc2C)cc1. The van der Waals surface area contributed by atoms with E-state index in [0.29, 0.717) is 10.8 Å². The molecule has 0 aliphatic heterocycles. The highest BCUT2D eigenvalue weighted by Gasteiger charge is 2.19. The van der Waals surface area contributed by atoms with Gasteiger partial charge in [0.25, 0.3) is 5.91 Å². The van der Waals surface area contributed by atoms with Crippen LogP contribution in [0.25, 0.3) is 11.3 Å². The Bertz CT molecular complexity index is 1450. The number of thiazole rings is 1. The Morgan fingerprint density at radius 3 is 2.19 bits per heavy atom. The molecule has 1 atom stereocenters. The predicted octanol–water partition coefficient (Wildman–Crippen LogP) is 6.50. The first-order valence-corrected chi connectivity index (χ1v) is 13.2. The van der Waals surface area contributed by atoms with Crippen molar-refractivity contribution in [3.63, 3.8) is 0 Å². The van der Waals surface area contributed by atoms with Gasteiger partial charge in [-0.1, -0.05) is 42.0 Å². The largest absolute Gasteiger partial charge is 0.478 e. The van der Waals surface area contributed by atoms with Crippen LogP contribution in [0.5, 0.6) is 0 Å². The number of carbonyl (C=O) groups is 3. The topological polar surface area (TPSA) is 108 Å². The quantitative estimate of drug-likeness (QED) is 0.224. The van der Waals surface area contributed by atoms with E-state index < -0.39 is 11.9 Å². The molecule has 3 N–H and O–H groups in total. The number of nitrogens with one attached hydrogen (secondary N) is 2. The summed E-state index contributed by atoms with van der Waals surface area (Å²) in [5.74, 6) is -1.82. The monoisotopic (exact) mass is 531 g/mol. The van der Waals surface area contributed by atoms with E-state index in [4.69, 9.17) is 0 Å². The number of hydrogen-bond acceptors (Lipinski definition) is 6. The van der Waals surface area contributed by atoms with Crippen molar-refractivity contribution in [3.05, 3.63) is 94.4 Å². The summed E-state index contributed by atoms with van der Waals surface area (Å²) in [7, 11) is 0. The molecule has 0 saturated heterocycles. The van der Waals surface area contributed by atoms with E-state index in [9.17, 15) is 19.5 Å². The van der Waals surface area contributed by atoms with Crippen LogP contribution >= 0.6 is 23.1 Å². The van der Waals surface area contributed by atoms with Crippen LogP contribution in [0.3, 0.4) is 0 Å². The molecule has 3 aromatic carbocycles. The van der Waals surface area contributed by atoms with Gasteiger partial charge in [-0.2, -0.15) is 0 Å². The Kier molecular flexibility index (Phi) is 8.05. The van der Waals surface area contributed by atoms with Crippen LogP contribution in [-0.2, 0) is 4.79 Å². The van der Waals surface area contributed by atoms with Crippen LogP contribution in [0.1, 0.15) is 38.1 Å². The fraction of sp³-hybridized carbons (Fsp3) is 0.143. The molecule has 37 heavy (non-hydrogen) atoms. The van der Waals surface area contributed by atoms with Crippen molar-refractivity contribution in [1.29, 1.82) is 0 Å². The number of amides is 2. The fourth-order valence-electron chi connectivity index (χ4n) is 3.58. The van der Waals surface area contributed by atoms with E-state index in [0.717, 1.165) is 21.0 Å². The molecule has 9 heteroatoms.